The number of hydrogen-bond donors (Lipinski definition) is 2. The summed E-state index contributed by atoms with van der Waals surface area (Å²) in [5.41, 5.74) is 1.91. The Morgan fingerprint density at radius 1 is 1.24 bits per heavy atom. The first-order chi connectivity index (χ1) is 12.0. The molecule has 1 aliphatic heterocycles. The van der Waals surface area contributed by atoms with Crippen LogP contribution in [0.1, 0.15) is 46.1 Å². The van der Waals surface area contributed by atoms with Gasteiger partial charge in [0.25, 0.3) is 11.5 Å². The molecule has 1 aliphatic rings. The molecule has 2 N–H and O–H groups in total. The van der Waals surface area contributed by atoms with Crippen molar-refractivity contribution in [2.45, 2.75) is 32.8 Å². The number of amides is 1. The molecule has 1 unspecified atom stereocenters. The topological polar surface area (TPSA) is 86.3 Å². The average molecular weight is 341 g/mol. The van der Waals surface area contributed by atoms with Crippen molar-refractivity contribution in [2.24, 2.45) is 5.92 Å². The van der Waals surface area contributed by atoms with Crippen LogP contribution in [0.5, 0.6) is 0 Å². The van der Waals surface area contributed by atoms with Crippen LogP contribution in [0.3, 0.4) is 0 Å². The molecular formula is C19H23N3O3. The molecule has 0 bridgehead atoms. The number of carbonyl (C=O) groups excluding carboxylic acids is 1. The van der Waals surface area contributed by atoms with E-state index in [1.165, 1.54) is 0 Å². The molecule has 1 fully saturated rings. The van der Waals surface area contributed by atoms with Gasteiger partial charge in [0.15, 0.2) is 0 Å². The average Bonchev–Trinajstić information content (AvgIpc) is 2.65. The van der Waals surface area contributed by atoms with E-state index in [4.69, 9.17) is 0 Å². The van der Waals surface area contributed by atoms with Gasteiger partial charge in [0.05, 0.1) is 11.8 Å². The number of aryl methyl sites for hydroxylation is 1. The lowest BCUT2D eigenvalue weighted by molar-refractivity contribution is 0.0460. The van der Waals surface area contributed by atoms with Crippen molar-refractivity contribution in [1.29, 1.82) is 0 Å². The van der Waals surface area contributed by atoms with Gasteiger partial charge in [-0.2, -0.15) is 5.10 Å². The fourth-order valence-electron chi connectivity index (χ4n) is 3.38. The predicted octanol–water partition coefficient (Wildman–Crippen LogP) is 1.97. The Bertz CT molecular complexity index is 808. The van der Waals surface area contributed by atoms with Crippen LogP contribution in [-0.2, 0) is 0 Å². The standard InChI is InChI=1S/C19H23N3O3/c1-12-13(2)20-21-18(24)16(12)19(25)22-10-8-15(9-11-22)17(23)14-6-4-3-5-7-14/h3-7,15,17,23H,8-11H2,1-2H3,(H,21,24). The van der Waals surface area contributed by atoms with E-state index in [9.17, 15) is 14.7 Å². The Kier molecular flexibility index (Phi) is 4.99. The number of hydrogen-bond acceptors (Lipinski definition) is 4. The maximum atomic E-state index is 12.8. The summed E-state index contributed by atoms with van der Waals surface area (Å²) < 4.78 is 0. The molecule has 1 saturated heterocycles. The normalized spacial score (nSPS) is 16.7. The molecule has 1 amide bonds. The van der Waals surface area contributed by atoms with Crippen LogP contribution in [-0.4, -0.2) is 39.2 Å². The highest BCUT2D eigenvalue weighted by Crippen LogP contribution is 2.31. The highest BCUT2D eigenvalue weighted by Gasteiger charge is 2.30. The lowest BCUT2D eigenvalue weighted by Crippen LogP contribution is -2.42. The first-order valence-corrected chi connectivity index (χ1v) is 8.57. The second-order valence-electron chi connectivity index (χ2n) is 6.62. The lowest BCUT2D eigenvalue weighted by atomic mass is 9.87. The van der Waals surface area contributed by atoms with Gasteiger partial charge in [0.1, 0.15) is 5.56 Å². The molecule has 0 radical (unpaired) electrons. The quantitative estimate of drug-likeness (QED) is 0.894. The minimum atomic E-state index is -0.522. The van der Waals surface area contributed by atoms with E-state index in [0.717, 1.165) is 5.56 Å². The third-order valence-electron chi connectivity index (χ3n) is 5.10. The number of aliphatic hydroxyl groups is 1. The van der Waals surface area contributed by atoms with Crippen LogP contribution in [0.25, 0.3) is 0 Å². The third kappa shape index (κ3) is 3.49. The lowest BCUT2D eigenvalue weighted by Gasteiger charge is -2.34. The molecular weight excluding hydrogens is 318 g/mol. The zero-order chi connectivity index (χ0) is 18.0. The van der Waals surface area contributed by atoms with Gasteiger partial charge in [-0.05, 0) is 43.7 Å². The number of nitrogens with one attached hydrogen (secondary N) is 1. The van der Waals surface area contributed by atoms with E-state index < -0.39 is 11.7 Å². The summed E-state index contributed by atoms with van der Waals surface area (Å²) in [6, 6.07) is 9.60. The van der Waals surface area contributed by atoms with Crippen LogP contribution in [0.4, 0.5) is 0 Å². The summed E-state index contributed by atoms with van der Waals surface area (Å²) in [6.07, 6.45) is 0.901. The van der Waals surface area contributed by atoms with Gasteiger partial charge in [0.2, 0.25) is 0 Å². The maximum absolute atomic E-state index is 12.8. The number of nitrogens with zero attached hydrogens (tertiary/aromatic N) is 2. The molecule has 2 heterocycles. The zero-order valence-corrected chi connectivity index (χ0v) is 14.5. The Balaban J connectivity index is 1.70. The van der Waals surface area contributed by atoms with Gasteiger partial charge in [-0.15, -0.1) is 0 Å². The monoisotopic (exact) mass is 341 g/mol. The molecule has 6 nitrogen and oxygen atoms in total. The molecule has 0 spiro atoms. The molecule has 0 aliphatic carbocycles. The minimum Gasteiger partial charge on any atom is -0.388 e. The smallest absolute Gasteiger partial charge is 0.277 e. The van der Waals surface area contributed by atoms with Gasteiger partial charge in [0, 0.05) is 13.1 Å². The highest BCUT2D eigenvalue weighted by atomic mass is 16.3. The Morgan fingerprint density at radius 3 is 2.52 bits per heavy atom. The van der Waals surface area contributed by atoms with E-state index in [0.29, 0.717) is 37.2 Å². The summed E-state index contributed by atoms with van der Waals surface area (Å²) in [7, 11) is 0. The number of aliphatic hydroxyl groups excluding tert-OH is 1. The Hall–Kier alpha value is -2.47. The first-order valence-electron chi connectivity index (χ1n) is 8.57. The van der Waals surface area contributed by atoms with Gasteiger partial charge >= 0.3 is 0 Å². The summed E-state index contributed by atoms with van der Waals surface area (Å²) in [6.45, 7) is 4.59. The second-order valence-corrected chi connectivity index (χ2v) is 6.62. The van der Waals surface area contributed by atoms with Crippen molar-refractivity contribution in [1.82, 2.24) is 15.1 Å². The van der Waals surface area contributed by atoms with Crippen LogP contribution >= 0.6 is 0 Å². The summed E-state index contributed by atoms with van der Waals surface area (Å²) in [5.74, 6) is -0.137. The molecule has 1 aromatic heterocycles. The first kappa shape index (κ1) is 17.4. The molecule has 1 atom stereocenters. The highest BCUT2D eigenvalue weighted by molar-refractivity contribution is 5.95. The van der Waals surface area contributed by atoms with Crippen LogP contribution in [0, 0.1) is 19.8 Å². The van der Waals surface area contributed by atoms with Crippen LogP contribution in [0.2, 0.25) is 0 Å². The summed E-state index contributed by atoms with van der Waals surface area (Å²) in [4.78, 5) is 26.5. The minimum absolute atomic E-state index is 0.116. The maximum Gasteiger partial charge on any atom is 0.277 e. The third-order valence-corrected chi connectivity index (χ3v) is 5.10. The second kappa shape index (κ2) is 7.19. The van der Waals surface area contributed by atoms with Crippen LogP contribution < -0.4 is 5.56 Å². The van der Waals surface area contributed by atoms with E-state index in [1.807, 2.05) is 30.3 Å². The van der Waals surface area contributed by atoms with E-state index in [2.05, 4.69) is 10.2 Å². The number of rotatable bonds is 3. The Morgan fingerprint density at radius 2 is 1.88 bits per heavy atom. The van der Waals surface area contributed by atoms with E-state index >= 15 is 0 Å². The van der Waals surface area contributed by atoms with Gasteiger partial charge in [-0.3, -0.25) is 9.59 Å². The van der Waals surface area contributed by atoms with Crippen molar-refractivity contribution in [3.05, 3.63) is 63.1 Å². The molecule has 6 heteroatoms. The van der Waals surface area contributed by atoms with Crippen molar-refractivity contribution >= 4 is 5.91 Å². The van der Waals surface area contributed by atoms with Gasteiger partial charge in [-0.25, -0.2) is 5.10 Å². The summed E-state index contributed by atoms with van der Waals surface area (Å²) in [5, 5.41) is 16.8. The molecule has 25 heavy (non-hydrogen) atoms. The fraction of sp³-hybridized carbons (Fsp3) is 0.421. The van der Waals surface area contributed by atoms with Crippen LogP contribution in [0.15, 0.2) is 35.1 Å². The molecule has 132 valence electrons. The van der Waals surface area contributed by atoms with Gasteiger partial charge in [-0.1, -0.05) is 30.3 Å². The predicted molar refractivity (Wildman–Crippen MR) is 94.4 cm³/mol. The fourth-order valence-corrected chi connectivity index (χ4v) is 3.38. The number of piperidine rings is 1. The zero-order valence-electron chi connectivity index (χ0n) is 14.5. The number of carbonyl (C=O) groups is 1. The summed E-state index contributed by atoms with van der Waals surface area (Å²) >= 11 is 0. The number of H-pyrrole nitrogens is 1. The number of aromatic amines is 1. The van der Waals surface area contributed by atoms with Crippen molar-refractivity contribution in [3.63, 3.8) is 0 Å². The van der Waals surface area contributed by atoms with Crippen molar-refractivity contribution < 1.29 is 9.90 Å². The number of aromatic nitrogens is 2. The number of benzene rings is 1. The van der Waals surface area contributed by atoms with Crippen molar-refractivity contribution in [3.8, 4) is 0 Å². The molecule has 0 saturated carbocycles. The van der Waals surface area contributed by atoms with Crippen molar-refractivity contribution in [2.75, 3.05) is 13.1 Å². The Labute approximate surface area is 146 Å². The molecule has 3 rings (SSSR count). The van der Waals surface area contributed by atoms with Gasteiger partial charge < -0.3 is 10.0 Å². The molecule has 2 aromatic rings. The SMILES string of the molecule is Cc1n[nH]c(=O)c(C(=O)N2CCC(C(O)c3ccccc3)CC2)c1C. The van der Waals surface area contributed by atoms with E-state index in [-0.39, 0.29) is 17.4 Å². The van der Waals surface area contributed by atoms with E-state index in [1.54, 1.807) is 18.7 Å². The largest absolute Gasteiger partial charge is 0.388 e. The molecule has 1 aromatic carbocycles. The number of likely N-dealkylation sites (tertiary alicyclic amines) is 1.